The van der Waals surface area contributed by atoms with Gasteiger partial charge in [0.05, 0.1) is 22.7 Å². The van der Waals surface area contributed by atoms with E-state index < -0.39 is 21.2 Å². The smallest absolute Gasteiger partial charge is 0.264 e. The van der Waals surface area contributed by atoms with Crippen molar-refractivity contribution < 1.29 is 26.8 Å². The van der Waals surface area contributed by atoms with E-state index in [1.165, 1.54) is 36.0 Å². The highest BCUT2D eigenvalue weighted by molar-refractivity contribution is 8.00. The van der Waals surface area contributed by atoms with Crippen LogP contribution in [0.15, 0.2) is 79.9 Å². The summed E-state index contributed by atoms with van der Waals surface area (Å²) in [6.45, 7) is 2.83. The van der Waals surface area contributed by atoms with Crippen molar-refractivity contribution in [3.63, 3.8) is 0 Å². The molecule has 1 unspecified atom stereocenters. The number of aromatic nitrogens is 2. The Morgan fingerprint density at radius 1 is 1.03 bits per heavy atom. The molecule has 12 heteroatoms. The van der Waals surface area contributed by atoms with Crippen molar-refractivity contribution in [1.29, 1.82) is 0 Å². The minimum Gasteiger partial charge on any atom is -0.463 e. The molecule has 4 aromatic rings. The zero-order chi connectivity index (χ0) is 24.3. The van der Waals surface area contributed by atoms with Crippen LogP contribution in [0.2, 0.25) is 0 Å². The summed E-state index contributed by atoms with van der Waals surface area (Å²) in [4.78, 5) is 31.4. The molecule has 0 radical (unpaired) electrons. The number of carbonyl (C=O) groups is 2. The molecule has 176 valence electrons. The lowest BCUT2D eigenvalue weighted by atomic mass is 10.2. The van der Waals surface area contributed by atoms with Gasteiger partial charge in [-0.1, -0.05) is 11.8 Å². The van der Waals surface area contributed by atoms with E-state index in [1.807, 2.05) is 4.72 Å². The van der Waals surface area contributed by atoms with Crippen molar-refractivity contribution >= 4 is 39.3 Å². The number of benzene rings is 1. The highest BCUT2D eigenvalue weighted by atomic mass is 32.2. The third-order valence-electron chi connectivity index (χ3n) is 4.57. The normalized spacial score (nSPS) is 12.3. The molecule has 0 bridgehead atoms. The number of aromatic amines is 1. The number of rotatable bonds is 8. The second kappa shape index (κ2) is 9.61. The van der Waals surface area contributed by atoms with Gasteiger partial charge in [-0.25, -0.2) is 18.1 Å². The van der Waals surface area contributed by atoms with Gasteiger partial charge in [0.25, 0.3) is 10.0 Å². The second-order valence-electron chi connectivity index (χ2n) is 7.16. The Kier molecular flexibility index (Phi) is 6.61. The Balaban J connectivity index is 1.46. The zero-order valence-corrected chi connectivity index (χ0v) is 19.7. The first kappa shape index (κ1) is 23.4. The van der Waals surface area contributed by atoms with Crippen LogP contribution in [0, 0.1) is 0 Å². The lowest BCUT2D eigenvalue weighted by Gasteiger charge is -2.11. The van der Waals surface area contributed by atoms with E-state index in [-0.39, 0.29) is 10.8 Å². The van der Waals surface area contributed by atoms with E-state index in [0.717, 1.165) is 6.92 Å². The number of H-pyrrole nitrogens is 1. The Bertz CT molecular complexity index is 1340. The van der Waals surface area contributed by atoms with Gasteiger partial charge in [-0.3, -0.25) is 9.59 Å². The van der Waals surface area contributed by atoms with E-state index in [4.69, 9.17) is 8.83 Å². The van der Waals surface area contributed by atoms with Gasteiger partial charge < -0.3 is 19.1 Å². The summed E-state index contributed by atoms with van der Waals surface area (Å²) >= 11 is 1.21. The molecule has 0 saturated heterocycles. The van der Waals surface area contributed by atoms with Crippen molar-refractivity contribution in [2.75, 3.05) is 5.32 Å². The first-order valence-corrected chi connectivity index (χ1v) is 12.4. The molecule has 10 nitrogen and oxygen atoms in total. The Labute approximate surface area is 199 Å². The summed E-state index contributed by atoms with van der Waals surface area (Å²) in [5.41, 5.74) is 1.60. The van der Waals surface area contributed by atoms with Crippen molar-refractivity contribution in [2.45, 2.75) is 29.1 Å². The molecule has 0 aliphatic heterocycles. The fourth-order valence-corrected chi connectivity index (χ4v) is 4.82. The van der Waals surface area contributed by atoms with Crippen molar-refractivity contribution in [3.05, 3.63) is 61.1 Å². The zero-order valence-electron chi connectivity index (χ0n) is 18.1. The number of amides is 2. The lowest BCUT2D eigenvalue weighted by molar-refractivity contribution is -0.117. The van der Waals surface area contributed by atoms with E-state index in [9.17, 15) is 18.0 Å². The van der Waals surface area contributed by atoms with Crippen LogP contribution >= 0.6 is 11.8 Å². The fraction of sp³-hybridized carbons (Fsp3) is 0.136. The number of nitrogens with one attached hydrogen (secondary N) is 3. The number of hydrogen-bond donors (Lipinski definition) is 3. The SMILES string of the molecule is CC(=O)NS(=O)(=O)c1ccc(NC(=O)C(C)Sc2nc(-c3ccco3)c(-c3ccco3)[nH]2)cc1. The van der Waals surface area contributed by atoms with E-state index >= 15 is 0 Å². The number of nitrogens with zero attached hydrogens (tertiary/aromatic N) is 1. The van der Waals surface area contributed by atoms with Crippen LogP contribution in [-0.4, -0.2) is 35.5 Å². The Morgan fingerprint density at radius 3 is 2.26 bits per heavy atom. The van der Waals surface area contributed by atoms with Gasteiger partial charge in [0, 0.05) is 12.6 Å². The summed E-state index contributed by atoms with van der Waals surface area (Å²) in [5.74, 6) is 0.141. The minimum atomic E-state index is -3.95. The molecule has 0 spiro atoms. The Hall–Kier alpha value is -3.77. The monoisotopic (exact) mass is 500 g/mol. The van der Waals surface area contributed by atoms with Crippen molar-refractivity contribution in [1.82, 2.24) is 14.7 Å². The molecule has 4 rings (SSSR count). The molecule has 34 heavy (non-hydrogen) atoms. The highest BCUT2D eigenvalue weighted by Crippen LogP contribution is 2.34. The number of hydrogen-bond acceptors (Lipinski definition) is 8. The molecular weight excluding hydrogens is 480 g/mol. The molecule has 2 amide bonds. The van der Waals surface area contributed by atoms with Gasteiger partial charge in [0.15, 0.2) is 16.7 Å². The third kappa shape index (κ3) is 5.24. The predicted octanol–water partition coefficient (Wildman–Crippen LogP) is 3.87. The fourth-order valence-electron chi connectivity index (χ4n) is 3.03. The van der Waals surface area contributed by atoms with Crippen LogP contribution in [0.4, 0.5) is 5.69 Å². The standard InChI is InChI=1S/C22H20N4O6S2/c1-13(21(28)23-15-7-9-16(10-8-15)34(29,30)26-14(2)27)33-22-24-19(17-5-3-11-31-17)20(25-22)18-6-4-12-32-18/h3-13H,1-2H3,(H,23,28)(H,24,25)(H,26,27). The maximum absolute atomic E-state index is 12.7. The van der Waals surface area contributed by atoms with Gasteiger partial charge in [0.1, 0.15) is 11.4 Å². The molecule has 1 aromatic carbocycles. The number of sulfonamides is 1. The van der Waals surface area contributed by atoms with Crippen molar-refractivity contribution in [2.24, 2.45) is 0 Å². The molecule has 3 aromatic heterocycles. The molecule has 1 atom stereocenters. The number of thioether (sulfide) groups is 1. The highest BCUT2D eigenvalue weighted by Gasteiger charge is 2.22. The van der Waals surface area contributed by atoms with Crippen LogP contribution < -0.4 is 10.0 Å². The topological polar surface area (TPSA) is 147 Å². The number of furan rings is 2. The predicted molar refractivity (Wildman–Crippen MR) is 125 cm³/mol. The largest absolute Gasteiger partial charge is 0.463 e. The van der Waals surface area contributed by atoms with Crippen molar-refractivity contribution in [3.8, 4) is 22.9 Å². The molecule has 3 heterocycles. The first-order valence-electron chi connectivity index (χ1n) is 10.0. The van der Waals surface area contributed by atoms with Gasteiger partial charge in [-0.2, -0.15) is 0 Å². The van der Waals surface area contributed by atoms with Gasteiger partial charge >= 0.3 is 0 Å². The summed E-state index contributed by atoms with van der Waals surface area (Å²) in [6, 6.07) is 12.6. The van der Waals surface area contributed by atoms with E-state index in [2.05, 4.69) is 15.3 Å². The van der Waals surface area contributed by atoms with Crippen LogP contribution in [-0.2, 0) is 19.6 Å². The molecule has 0 aliphatic rings. The average Bonchev–Trinajstić information content (AvgIpc) is 3.54. The summed E-state index contributed by atoms with van der Waals surface area (Å²) in [6.07, 6.45) is 3.10. The van der Waals surface area contributed by atoms with Crippen LogP contribution in [0.1, 0.15) is 13.8 Å². The summed E-state index contributed by atoms with van der Waals surface area (Å²) in [5, 5.41) is 2.70. The lowest BCUT2D eigenvalue weighted by Crippen LogP contribution is -2.28. The van der Waals surface area contributed by atoms with Crippen LogP contribution in [0.25, 0.3) is 22.9 Å². The Morgan fingerprint density at radius 2 is 1.68 bits per heavy atom. The van der Waals surface area contributed by atoms with E-state index in [0.29, 0.717) is 33.8 Å². The molecule has 0 fully saturated rings. The van der Waals surface area contributed by atoms with Crippen LogP contribution in [0.3, 0.4) is 0 Å². The maximum Gasteiger partial charge on any atom is 0.264 e. The third-order valence-corrected chi connectivity index (χ3v) is 7.01. The molecule has 0 aliphatic carbocycles. The summed E-state index contributed by atoms with van der Waals surface area (Å²) in [7, 11) is -3.95. The molecule has 0 saturated carbocycles. The number of anilines is 1. The maximum atomic E-state index is 12.7. The van der Waals surface area contributed by atoms with Gasteiger partial charge in [0.2, 0.25) is 11.8 Å². The molecule has 3 N–H and O–H groups in total. The van der Waals surface area contributed by atoms with Crippen LogP contribution in [0.5, 0.6) is 0 Å². The minimum absolute atomic E-state index is 0.0883. The quantitative estimate of drug-likeness (QED) is 0.309. The summed E-state index contributed by atoms with van der Waals surface area (Å²) < 4.78 is 36.9. The van der Waals surface area contributed by atoms with Gasteiger partial charge in [-0.05, 0) is 55.5 Å². The number of carbonyl (C=O) groups excluding carboxylic acids is 2. The number of imidazole rings is 1. The average molecular weight is 501 g/mol. The van der Waals surface area contributed by atoms with Gasteiger partial charge in [-0.15, -0.1) is 0 Å². The van der Waals surface area contributed by atoms with E-state index in [1.54, 1.807) is 43.7 Å². The molecular formula is C22H20N4O6S2. The second-order valence-corrected chi connectivity index (χ2v) is 10.2. The first-order chi connectivity index (χ1) is 16.2.